The maximum atomic E-state index is 11.1. The zero-order chi connectivity index (χ0) is 8.15. The van der Waals surface area contributed by atoms with Crippen molar-refractivity contribution in [1.82, 2.24) is 4.90 Å². The molecule has 1 amide bonds. The van der Waals surface area contributed by atoms with Gasteiger partial charge in [-0.15, -0.1) is 0 Å². The Bertz CT molecular complexity index is 108. The highest BCUT2D eigenvalue weighted by Gasteiger charge is 2.12. The van der Waals surface area contributed by atoms with Crippen molar-refractivity contribution < 1.29 is 4.79 Å². The summed E-state index contributed by atoms with van der Waals surface area (Å²) in [7, 11) is 0. The SMILES string of the molecule is CCN(CC)C(=O)C(C)N. The predicted octanol–water partition coefficient (Wildman–Crippen LogP) is 0.202. The van der Waals surface area contributed by atoms with E-state index in [-0.39, 0.29) is 11.9 Å². The van der Waals surface area contributed by atoms with Gasteiger partial charge in [0.2, 0.25) is 5.91 Å². The quantitative estimate of drug-likeness (QED) is 0.615. The predicted molar refractivity (Wildman–Crippen MR) is 41.6 cm³/mol. The lowest BCUT2D eigenvalue weighted by molar-refractivity contribution is -0.131. The normalized spacial score (nSPS) is 12.8. The average molecular weight is 144 g/mol. The molecule has 0 fully saturated rings. The minimum absolute atomic E-state index is 0.0324. The number of nitrogens with zero attached hydrogens (tertiary/aromatic N) is 1. The van der Waals surface area contributed by atoms with Crippen molar-refractivity contribution in [3.63, 3.8) is 0 Å². The number of likely N-dealkylation sites (N-methyl/N-ethyl adjacent to an activating group) is 1. The summed E-state index contributed by atoms with van der Waals surface area (Å²) in [5, 5.41) is 0. The van der Waals surface area contributed by atoms with Crippen LogP contribution < -0.4 is 5.73 Å². The monoisotopic (exact) mass is 144 g/mol. The van der Waals surface area contributed by atoms with E-state index in [4.69, 9.17) is 5.73 Å². The molecule has 10 heavy (non-hydrogen) atoms. The number of nitrogens with two attached hydrogens (primary N) is 1. The highest BCUT2D eigenvalue weighted by molar-refractivity contribution is 5.81. The summed E-state index contributed by atoms with van der Waals surface area (Å²) in [6.45, 7) is 7.10. The largest absolute Gasteiger partial charge is 0.342 e. The summed E-state index contributed by atoms with van der Waals surface area (Å²) in [5.74, 6) is 0.0324. The molecule has 0 aromatic heterocycles. The zero-order valence-electron chi connectivity index (χ0n) is 6.92. The summed E-state index contributed by atoms with van der Waals surface area (Å²) in [6, 6.07) is -0.361. The van der Waals surface area contributed by atoms with Gasteiger partial charge in [0, 0.05) is 13.1 Å². The number of rotatable bonds is 3. The Morgan fingerprint density at radius 2 is 1.90 bits per heavy atom. The van der Waals surface area contributed by atoms with E-state index in [1.807, 2.05) is 13.8 Å². The van der Waals surface area contributed by atoms with E-state index in [1.54, 1.807) is 11.8 Å². The van der Waals surface area contributed by atoms with Crippen molar-refractivity contribution in [2.24, 2.45) is 5.73 Å². The molecule has 0 rings (SSSR count). The summed E-state index contributed by atoms with van der Waals surface area (Å²) < 4.78 is 0. The number of amides is 1. The van der Waals surface area contributed by atoms with E-state index in [0.717, 1.165) is 13.1 Å². The minimum atomic E-state index is -0.361. The van der Waals surface area contributed by atoms with Gasteiger partial charge in [-0.3, -0.25) is 4.79 Å². The summed E-state index contributed by atoms with van der Waals surface area (Å²) >= 11 is 0. The maximum absolute atomic E-state index is 11.1. The fourth-order valence-corrected chi connectivity index (χ4v) is 0.823. The Morgan fingerprint density at radius 1 is 1.50 bits per heavy atom. The lowest BCUT2D eigenvalue weighted by Gasteiger charge is -2.20. The van der Waals surface area contributed by atoms with Gasteiger partial charge in [-0.25, -0.2) is 0 Å². The number of carbonyl (C=O) groups is 1. The van der Waals surface area contributed by atoms with Crippen LogP contribution in [0.1, 0.15) is 20.8 Å². The number of hydrogen-bond donors (Lipinski definition) is 1. The zero-order valence-corrected chi connectivity index (χ0v) is 6.92. The van der Waals surface area contributed by atoms with E-state index in [9.17, 15) is 4.79 Å². The fourth-order valence-electron chi connectivity index (χ4n) is 0.823. The van der Waals surface area contributed by atoms with Crippen LogP contribution in [0.4, 0.5) is 0 Å². The van der Waals surface area contributed by atoms with Gasteiger partial charge in [-0.1, -0.05) is 0 Å². The van der Waals surface area contributed by atoms with Crippen LogP contribution in [0.2, 0.25) is 0 Å². The second kappa shape index (κ2) is 4.28. The van der Waals surface area contributed by atoms with Crippen molar-refractivity contribution in [2.45, 2.75) is 26.8 Å². The molecule has 3 nitrogen and oxygen atoms in total. The molecule has 2 N–H and O–H groups in total. The molecule has 0 spiro atoms. The van der Waals surface area contributed by atoms with Crippen molar-refractivity contribution in [2.75, 3.05) is 13.1 Å². The van der Waals surface area contributed by atoms with Crippen LogP contribution in [-0.2, 0) is 4.79 Å². The van der Waals surface area contributed by atoms with E-state index in [2.05, 4.69) is 0 Å². The molecule has 0 saturated heterocycles. The Hall–Kier alpha value is -0.570. The lowest BCUT2D eigenvalue weighted by atomic mass is 10.3. The second-order valence-corrected chi connectivity index (χ2v) is 2.30. The standard InChI is InChI=1S/C7H16N2O/c1-4-9(5-2)7(10)6(3)8/h6H,4-5,8H2,1-3H3. The molecule has 0 radical (unpaired) electrons. The van der Waals surface area contributed by atoms with Gasteiger partial charge in [0.1, 0.15) is 0 Å². The average Bonchev–Trinajstić information content (AvgIpc) is 1.90. The van der Waals surface area contributed by atoms with E-state index in [0.29, 0.717) is 0 Å². The maximum Gasteiger partial charge on any atom is 0.239 e. The van der Waals surface area contributed by atoms with Gasteiger partial charge >= 0.3 is 0 Å². The van der Waals surface area contributed by atoms with Crippen LogP contribution in [0.5, 0.6) is 0 Å². The third kappa shape index (κ3) is 2.35. The van der Waals surface area contributed by atoms with Gasteiger partial charge in [0.15, 0.2) is 0 Å². The topological polar surface area (TPSA) is 46.3 Å². The first-order chi connectivity index (χ1) is 4.63. The first-order valence-electron chi connectivity index (χ1n) is 3.67. The van der Waals surface area contributed by atoms with E-state index >= 15 is 0 Å². The third-order valence-corrected chi connectivity index (χ3v) is 1.46. The molecule has 0 aliphatic rings. The molecular formula is C7H16N2O. The number of hydrogen-bond acceptors (Lipinski definition) is 2. The van der Waals surface area contributed by atoms with Gasteiger partial charge < -0.3 is 10.6 Å². The Labute approximate surface area is 62.2 Å². The van der Waals surface area contributed by atoms with Crippen LogP contribution in [0, 0.1) is 0 Å². The van der Waals surface area contributed by atoms with Gasteiger partial charge in [0.05, 0.1) is 6.04 Å². The van der Waals surface area contributed by atoms with Gasteiger partial charge in [-0.2, -0.15) is 0 Å². The Balaban J connectivity index is 3.89. The molecule has 0 aromatic rings. The highest BCUT2D eigenvalue weighted by Crippen LogP contribution is 1.90. The van der Waals surface area contributed by atoms with Crippen LogP contribution in [-0.4, -0.2) is 29.9 Å². The van der Waals surface area contributed by atoms with Crippen LogP contribution in [0.15, 0.2) is 0 Å². The van der Waals surface area contributed by atoms with Gasteiger partial charge in [-0.05, 0) is 20.8 Å². The highest BCUT2D eigenvalue weighted by atomic mass is 16.2. The lowest BCUT2D eigenvalue weighted by Crippen LogP contribution is -2.41. The molecule has 60 valence electrons. The summed E-state index contributed by atoms with van der Waals surface area (Å²) in [6.07, 6.45) is 0. The smallest absolute Gasteiger partial charge is 0.239 e. The Kier molecular flexibility index (Phi) is 4.03. The summed E-state index contributed by atoms with van der Waals surface area (Å²) in [4.78, 5) is 12.8. The van der Waals surface area contributed by atoms with Crippen molar-refractivity contribution in [3.05, 3.63) is 0 Å². The second-order valence-electron chi connectivity index (χ2n) is 2.30. The molecule has 0 aromatic carbocycles. The summed E-state index contributed by atoms with van der Waals surface area (Å²) in [5.41, 5.74) is 5.40. The van der Waals surface area contributed by atoms with Crippen LogP contribution >= 0.6 is 0 Å². The van der Waals surface area contributed by atoms with Gasteiger partial charge in [0.25, 0.3) is 0 Å². The fraction of sp³-hybridized carbons (Fsp3) is 0.857. The molecule has 0 aliphatic heterocycles. The molecule has 0 aliphatic carbocycles. The van der Waals surface area contributed by atoms with Crippen LogP contribution in [0.3, 0.4) is 0 Å². The van der Waals surface area contributed by atoms with Crippen molar-refractivity contribution in [3.8, 4) is 0 Å². The molecule has 0 heterocycles. The first kappa shape index (κ1) is 9.43. The third-order valence-electron chi connectivity index (χ3n) is 1.46. The molecule has 1 atom stereocenters. The first-order valence-corrected chi connectivity index (χ1v) is 3.67. The molecule has 1 unspecified atom stereocenters. The number of carbonyl (C=O) groups excluding carboxylic acids is 1. The minimum Gasteiger partial charge on any atom is -0.342 e. The van der Waals surface area contributed by atoms with Crippen LogP contribution in [0.25, 0.3) is 0 Å². The molecule has 3 heteroatoms. The Morgan fingerprint density at radius 3 is 2.00 bits per heavy atom. The molecule has 0 bridgehead atoms. The van der Waals surface area contributed by atoms with E-state index in [1.165, 1.54) is 0 Å². The molecular weight excluding hydrogens is 128 g/mol. The molecule has 0 saturated carbocycles. The van der Waals surface area contributed by atoms with Crippen molar-refractivity contribution in [1.29, 1.82) is 0 Å². The van der Waals surface area contributed by atoms with Crippen molar-refractivity contribution >= 4 is 5.91 Å². The van der Waals surface area contributed by atoms with E-state index < -0.39 is 0 Å².